The predicted molar refractivity (Wildman–Crippen MR) is 61.1 cm³/mol. The summed E-state index contributed by atoms with van der Waals surface area (Å²) in [5, 5.41) is 14.5. The minimum atomic E-state index is 0.0536. The Morgan fingerprint density at radius 2 is 2.31 bits per heavy atom. The van der Waals surface area contributed by atoms with Gasteiger partial charge in [-0.15, -0.1) is 0 Å². The predicted octanol–water partition coefficient (Wildman–Crippen LogP) is -0.643. The number of carbonyl (C=O) groups excluding carboxylic acids is 1. The topological polar surface area (TPSA) is 70.6 Å². The molecular formula is C11H22N2O3. The zero-order chi connectivity index (χ0) is 11.8. The smallest absolute Gasteiger partial charge is 0.223 e. The third-order valence-electron chi connectivity index (χ3n) is 2.93. The van der Waals surface area contributed by atoms with Crippen molar-refractivity contribution in [2.24, 2.45) is 11.8 Å². The van der Waals surface area contributed by atoms with Gasteiger partial charge in [0.25, 0.3) is 0 Å². The summed E-state index contributed by atoms with van der Waals surface area (Å²) >= 11 is 0. The molecule has 0 spiro atoms. The van der Waals surface area contributed by atoms with Gasteiger partial charge >= 0.3 is 0 Å². The van der Waals surface area contributed by atoms with E-state index in [9.17, 15) is 4.79 Å². The largest absolute Gasteiger partial charge is 0.394 e. The summed E-state index contributed by atoms with van der Waals surface area (Å²) in [5.41, 5.74) is 0. The standard InChI is InChI=1S/C11H22N2O3/c1-9(10-7-12-8-10)11(15)13-3-2-5-16-6-4-14/h9-10,12,14H,2-8H2,1H3,(H,13,15). The van der Waals surface area contributed by atoms with E-state index in [4.69, 9.17) is 9.84 Å². The van der Waals surface area contributed by atoms with Gasteiger partial charge in [-0.25, -0.2) is 0 Å². The maximum Gasteiger partial charge on any atom is 0.223 e. The van der Waals surface area contributed by atoms with E-state index < -0.39 is 0 Å². The summed E-state index contributed by atoms with van der Waals surface area (Å²) in [6.07, 6.45) is 0.793. The molecule has 5 nitrogen and oxygen atoms in total. The molecule has 1 aliphatic heterocycles. The second kappa shape index (κ2) is 7.60. The lowest BCUT2D eigenvalue weighted by molar-refractivity contribution is -0.126. The number of carbonyl (C=O) groups is 1. The molecule has 0 aromatic rings. The lowest BCUT2D eigenvalue weighted by Crippen LogP contribution is -2.49. The van der Waals surface area contributed by atoms with Gasteiger partial charge in [0.05, 0.1) is 13.2 Å². The van der Waals surface area contributed by atoms with Crippen LogP contribution in [-0.2, 0) is 9.53 Å². The average molecular weight is 230 g/mol. The van der Waals surface area contributed by atoms with E-state index in [1.807, 2.05) is 6.92 Å². The highest BCUT2D eigenvalue weighted by Gasteiger charge is 2.28. The number of rotatable bonds is 8. The molecule has 5 heteroatoms. The molecule has 94 valence electrons. The number of aliphatic hydroxyl groups excluding tert-OH is 1. The van der Waals surface area contributed by atoms with Crippen molar-refractivity contribution >= 4 is 5.91 Å². The summed E-state index contributed by atoms with van der Waals surface area (Å²) in [6.45, 7) is 5.54. The number of aliphatic hydroxyl groups is 1. The van der Waals surface area contributed by atoms with Crippen LogP contribution in [0.25, 0.3) is 0 Å². The van der Waals surface area contributed by atoms with Crippen LogP contribution in [0.15, 0.2) is 0 Å². The van der Waals surface area contributed by atoms with Crippen molar-refractivity contribution < 1.29 is 14.6 Å². The van der Waals surface area contributed by atoms with Crippen LogP contribution in [0.1, 0.15) is 13.3 Å². The Bertz CT molecular complexity index is 207. The molecule has 1 rings (SSSR count). The van der Waals surface area contributed by atoms with E-state index in [2.05, 4.69) is 10.6 Å². The molecule has 1 aliphatic rings. The van der Waals surface area contributed by atoms with Crippen molar-refractivity contribution in [3.8, 4) is 0 Å². The zero-order valence-electron chi connectivity index (χ0n) is 9.87. The average Bonchev–Trinajstić information content (AvgIpc) is 2.20. The van der Waals surface area contributed by atoms with E-state index >= 15 is 0 Å². The van der Waals surface area contributed by atoms with Crippen LogP contribution in [0, 0.1) is 11.8 Å². The molecule has 0 saturated carbocycles. The second-order valence-electron chi connectivity index (χ2n) is 4.19. The van der Waals surface area contributed by atoms with E-state index in [1.165, 1.54) is 0 Å². The second-order valence-corrected chi connectivity index (χ2v) is 4.19. The molecule has 3 N–H and O–H groups in total. The fourth-order valence-corrected chi connectivity index (χ4v) is 1.59. The summed E-state index contributed by atoms with van der Waals surface area (Å²) in [6, 6.07) is 0. The molecule has 0 aromatic heterocycles. The summed E-state index contributed by atoms with van der Waals surface area (Å²) in [4.78, 5) is 11.6. The summed E-state index contributed by atoms with van der Waals surface area (Å²) in [5.74, 6) is 0.721. The van der Waals surface area contributed by atoms with Crippen LogP contribution in [-0.4, -0.2) is 50.5 Å². The maximum absolute atomic E-state index is 11.6. The van der Waals surface area contributed by atoms with Gasteiger partial charge in [0.1, 0.15) is 0 Å². The molecule has 1 amide bonds. The number of nitrogens with one attached hydrogen (secondary N) is 2. The highest BCUT2D eigenvalue weighted by Crippen LogP contribution is 2.15. The molecule has 1 saturated heterocycles. The fraction of sp³-hybridized carbons (Fsp3) is 0.909. The molecule has 0 radical (unpaired) electrons. The van der Waals surface area contributed by atoms with E-state index in [-0.39, 0.29) is 18.4 Å². The highest BCUT2D eigenvalue weighted by molar-refractivity contribution is 5.78. The summed E-state index contributed by atoms with van der Waals surface area (Å²) in [7, 11) is 0. The third-order valence-corrected chi connectivity index (χ3v) is 2.93. The maximum atomic E-state index is 11.6. The lowest BCUT2D eigenvalue weighted by Gasteiger charge is -2.31. The SMILES string of the molecule is CC(C(=O)NCCCOCCO)C1CNC1. The quantitative estimate of drug-likeness (QED) is 0.485. The van der Waals surface area contributed by atoms with E-state index in [1.54, 1.807) is 0 Å². The van der Waals surface area contributed by atoms with Gasteiger partial charge in [0, 0.05) is 19.1 Å². The van der Waals surface area contributed by atoms with Crippen molar-refractivity contribution in [3.05, 3.63) is 0 Å². The Morgan fingerprint density at radius 1 is 1.56 bits per heavy atom. The van der Waals surface area contributed by atoms with Gasteiger partial charge in [-0.2, -0.15) is 0 Å². The van der Waals surface area contributed by atoms with Gasteiger partial charge in [-0.1, -0.05) is 6.92 Å². The van der Waals surface area contributed by atoms with Crippen molar-refractivity contribution in [1.29, 1.82) is 0 Å². The van der Waals surface area contributed by atoms with Crippen LogP contribution in [0.3, 0.4) is 0 Å². The van der Waals surface area contributed by atoms with Crippen LogP contribution < -0.4 is 10.6 Å². The fourth-order valence-electron chi connectivity index (χ4n) is 1.59. The number of hydrogen-bond donors (Lipinski definition) is 3. The molecule has 1 atom stereocenters. The first-order chi connectivity index (χ1) is 7.75. The molecule has 0 aliphatic carbocycles. The summed E-state index contributed by atoms with van der Waals surface area (Å²) < 4.78 is 5.09. The Balaban J connectivity index is 1.97. The van der Waals surface area contributed by atoms with Crippen molar-refractivity contribution in [3.63, 3.8) is 0 Å². The number of ether oxygens (including phenoxy) is 1. The number of hydrogen-bond acceptors (Lipinski definition) is 4. The van der Waals surface area contributed by atoms with Crippen LogP contribution in [0.2, 0.25) is 0 Å². The van der Waals surface area contributed by atoms with E-state index in [0.717, 1.165) is 19.5 Å². The minimum Gasteiger partial charge on any atom is -0.394 e. The van der Waals surface area contributed by atoms with Gasteiger partial charge in [-0.05, 0) is 25.4 Å². The molecule has 0 aromatic carbocycles. The van der Waals surface area contributed by atoms with Crippen molar-refractivity contribution in [1.82, 2.24) is 10.6 Å². The molecule has 0 bridgehead atoms. The Morgan fingerprint density at radius 3 is 2.88 bits per heavy atom. The highest BCUT2D eigenvalue weighted by atomic mass is 16.5. The van der Waals surface area contributed by atoms with Crippen LogP contribution >= 0.6 is 0 Å². The molecule has 1 fully saturated rings. The van der Waals surface area contributed by atoms with Crippen molar-refractivity contribution in [2.45, 2.75) is 13.3 Å². The minimum absolute atomic E-state index is 0.0536. The lowest BCUT2D eigenvalue weighted by atomic mass is 9.88. The van der Waals surface area contributed by atoms with Gasteiger partial charge < -0.3 is 20.5 Å². The molecular weight excluding hydrogens is 208 g/mol. The Kier molecular flexibility index (Phi) is 6.37. The molecule has 1 heterocycles. The Hall–Kier alpha value is -0.650. The third kappa shape index (κ3) is 4.47. The van der Waals surface area contributed by atoms with Crippen LogP contribution in [0.4, 0.5) is 0 Å². The number of amides is 1. The Labute approximate surface area is 96.6 Å². The van der Waals surface area contributed by atoms with Gasteiger partial charge in [0.2, 0.25) is 5.91 Å². The van der Waals surface area contributed by atoms with Gasteiger partial charge in [0.15, 0.2) is 0 Å². The van der Waals surface area contributed by atoms with Crippen LogP contribution in [0.5, 0.6) is 0 Å². The first-order valence-corrected chi connectivity index (χ1v) is 5.92. The normalized spacial score (nSPS) is 17.9. The first-order valence-electron chi connectivity index (χ1n) is 5.92. The van der Waals surface area contributed by atoms with Gasteiger partial charge in [-0.3, -0.25) is 4.79 Å². The monoisotopic (exact) mass is 230 g/mol. The molecule has 1 unspecified atom stereocenters. The first kappa shape index (κ1) is 13.4. The molecule has 16 heavy (non-hydrogen) atoms. The zero-order valence-corrected chi connectivity index (χ0v) is 9.87. The van der Waals surface area contributed by atoms with E-state index in [0.29, 0.717) is 25.7 Å². The van der Waals surface area contributed by atoms with Crippen molar-refractivity contribution in [2.75, 3.05) is 39.5 Å².